The molecular weight excluding hydrogens is 508 g/mol. The molecule has 3 rings (SSSR count). The number of carbonyl (C=O) groups is 1. The summed E-state index contributed by atoms with van der Waals surface area (Å²) in [6.07, 6.45) is 11.8. The van der Waals surface area contributed by atoms with Crippen LogP contribution in [0.5, 0.6) is 5.88 Å². The van der Waals surface area contributed by atoms with Crippen molar-refractivity contribution in [2.45, 2.75) is 33.3 Å². The van der Waals surface area contributed by atoms with Crippen LogP contribution in [0, 0.1) is 0 Å². The molecule has 3 heterocycles. The largest absolute Gasteiger partial charge is 0.504 e. The zero-order valence-electron chi connectivity index (χ0n) is 23.6. The van der Waals surface area contributed by atoms with E-state index in [0.717, 1.165) is 11.3 Å². The summed E-state index contributed by atoms with van der Waals surface area (Å²) in [5.74, 6) is 1.18. The van der Waals surface area contributed by atoms with Crippen molar-refractivity contribution >= 4 is 35.3 Å². The Labute approximate surface area is 231 Å². The predicted molar refractivity (Wildman–Crippen MR) is 152 cm³/mol. The van der Waals surface area contributed by atoms with Crippen molar-refractivity contribution in [1.29, 1.82) is 0 Å². The number of methoxy groups -OCH3 is 3. The lowest BCUT2D eigenvalue weighted by Crippen LogP contribution is -2.43. The van der Waals surface area contributed by atoms with Crippen LogP contribution in [0.3, 0.4) is 0 Å². The number of thiol groups is 1. The molecule has 1 aliphatic heterocycles. The molecule has 1 amide bonds. The third-order valence-corrected chi connectivity index (χ3v) is 4.75. The number of hydrogen-bond acceptors (Lipinski definition) is 10. The molecule has 0 saturated carbocycles. The quantitative estimate of drug-likeness (QED) is 0.306. The van der Waals surface area contributed by atoms with Crippen LogP contribution in [0.4, 0.5) is 4.79 Å². The number of nitrogens with zero attached hydrogens (tertiary/aromatic N) is 4. The fraction of sp³-hybridized carbons (Fsp3) is 0.481. The average Bonchev–Trinajstić information content (AvgIpc) is 2.92. The molecule has 10 nitrogen and oxygen atoms in total. The molecule has 0 atom stereocenters. The van der Waals surface area contributed by atoms with Crippen molar-refractivity contribution in [3.8, 4) is 5.88 Å². The van der Waals surface area contributed by atoms with Crippen LogP contribution in [0.1, 0.15) is 33.4 Å². The number of hydrogen-bond donors (Lipinski definition) is 1. The van der Waals surface area contributed by atoms with Gasteiger partial charge < -0.3 is 28.6 Å². The third kappa shape index (κ3) is 11.4. The van der Waals surface area contributed by atoms with Gasteiger partial charge in [0.1, 0.15) is 5.60 Å². The summed E-state index contributed by atoms with van der Waals surface area (Å²) < 4.78 is 25.8. The first-order valence-corrected chi connectivity index (χ1v) is 12.9. The first-order chi connectivity index (χ1) is 18.2. The summed E-state index contributed by atoms with van der Waals surface area (Å²) in [4.78, 5) is 26.2. The van der Waals surface area contributed by atoms with Gasteiger partial charge in [0.2, 0.25) is 5.88 Å². The van der Waals surface area contributed by atoms with E-state index in [0.29, 0.717) is 48.9 Å². The van der Waals surface area contributed by atoms with E-state index in [2.05, 4.69) is 27.6 Å². The highest BCUT2D eigenvalue weighted by Crippen LogP contribution is 2.25. The zero-order valence-corrected chi connectivity index (χ0v) is 24.4. The second-order valence-corrected chi connectivity index (χ2v) is 8.67. The number of carbonyl (C=O) groups excluding carboxylic acids is 1. The maximum absolute atomic E-state index is 11.5. The van der Waals surface area contributed by atoms with Crippen molar-refractivity contribution < 1.29 is 28.5 Å². The van der Waals surface area contributed by atoms with Crippen molar-refractivity contribution in [1.82, 2.24) is 19.9 Å². The normalized spacial score (nSPS) is 14.2. The van der Waals surface area contributed by atoms with Gasteiger partial charge in [-0.2, -0.15) is 12.6 Å². The number of pyridine rings is 1. The molecule has 210 valence electrons. The summed E-state index contributed by atoms with van der Waals surface area (Å²) in [6.45, 7) is 9.95. The number of morpholine rings is 1. The standard InChI is InChI=1S/C17H19N3O3.C9H17NO3.CH4S/c1-12(22-3)10-13(6-5-9-21-2)14-11-15-16(17(20-14)23-4)19-8-7-18-15;1-9(2,3)13-8(11)10-4-6-12-7-5-10;1-2/h5-11H,1-4H3;4-7H2,1-3H3;2H,1H3/b9-5+,12-10+,13-6+;;. The zero-order chi connectivity index (χ0) is 28.6. The van der Waals surface area contributed by atoms with Crippen molar-refractivity contribution in [3.05, 3.63) is 54.4 Å². The van der Waals surface area contributed by atoms with Crippen LogP contribution >= 0.6 is 12.6 Å². The first-order valence-electron chi connectivity index (χ1n) is 12.0. The highest BCUT2D eigenvalue weighted by Gasteiger charge is 2.23. The minimum absolute atomic E-state index is 0.240. The lowest BCUT2D eigenvalue weighted by Gasteiger charge is -2.29. The van der Waals surface area contributed by atoms with Crippen LogP contribution in [-0.2, 0) is 18.9 Å². The van der Waals surface area contributed by atoms with E-state index in [1.54, 1.807) is 57.2 Å². The van der Waals surface area contributed by atoms with Crippen LogP contribution in [0.25, 0.3) is 16.6 Å². The van der Waals surface area contributed by atoms with E-state index >= 15 is 0 Å². The molecule has 38 heavy (non-hydrogen) atoms. The summed E-state index contributed by atoms with van der Waals surface area (Å²) in [6, 6.07) is 1.86. The van der Waals surface area contributed by atoms with Gasteiger partial charge in [-0.15, -0.1) is 0 Å². The van der Waals surface area contributed by atoms with Crippen LogP contribution in [0.15, 0.2) is 48.7 Å². The number of amides is 1. The van der Waals surface area contributed by atoms with E-state index in [-0.39, 0.29) is 6.09 Å². The maximum Gasteiger partial charge on any atom is 0.410 e. The minimum atomic E-state index is -0.407. The molecular formula is C27H40N4O6S. The Morgan fingerprint density at radius 1 is 1.11 bits per heavy atom. The Hall–Kier alpha value is -3.31. The molecule has 0 aromatic carbocycles. The molecule has 0 radical (unpaired) electrons. The Morgan fingerprint density at radius 2 is 1.76 bits per heavy atom. The summed E-state index contributed by atoms with van der Waals surface area (Å²) >= 11 is 3.53. The Bertz CT molecular complexity index is 1090. The van der Waals surface area contributed by atoms with Crippen LogP contribution < -0.4 is 4.74 Å². The second-order valence-electron chi connectivity index (χ2n) is 8.67. The van der Waals surface area contributed by atoms with Gasteiger partial charge in [-0.05, 0) is 58.2 Å². The number of ether oxygens (including phenoxy) is 5. The smallest absolute Gasteiger partial charge is 0.410 e. The molecule has 0 bridgehead atoms. The lowest BCUT2D eigenvalue weighted by molar-refractivity contribution is -0.00677. The molecule has 1 fully saturated rings. The number of allylic oxidation sites excluding steroid dienone is 5. The number of rotatable bonds is 6. The SMILES string of the molecule is CC(C)(C)OC(=O)N1CCOCC1.CO/C=C/C=C(\C=C(/C)OC)c1cc2nccnc2c(OC)n1.CS. The van der Waals surface area contributed by atoms with E-state index in [1.807, 2.05) is 45.9 Å². The van der Waals surface area contributed by atoms with Gasteiger partial charge >= 0.3 is 6.09 Å². The van der Waals surface area contributed by atoms with Crippen LogP contribution in [-0.4, -0.2) is 85.4 Å². The predicted octanol–water partition coefficient (Wildman–Crippen LogP) is 4.93. The lowest BCUT2D eigenvalue weighted by atomic mass is 10.1. The van der Waals surface area contributed by atoms with Gasteiger partial charge in [0.15, 0.2) is 5.52 Å². The van der Waals surface area contributed by atoms with Gasteiger partial charge in [0, 0.05) is 31.1 Å². The van der Waals surface area contributed by atoms with Crippen LogP contribution in [0.2, 0.25) is 0 Å². The molecule has 1 aliphatic rings. The van der Waals surface area contributed by atoms with Crippen molar-refractivity contribution in [3.63, 3.8) is 0 Å². The van der Waals surface area contributed by atoms with Gasteiger partial charge in [0.25, 0.3) is 0 Å². The highest BCUT2D eigenvalue weighted by molar-refractivity contribution is 7.79. The second kappa shape index (κ2) is 17.2. The van der Waals surface area contributed by atoms with Gasteiger partial charge in [-0.3, -0.25) is 4.98 Å². The van der Waals surface area contributed by atoms with E-state index < -0.39 is 5.60 Å². The molecule has 11 heteroatoms. The fourth-order valence-electron chi connectivity index (χ4n) is 3.01. The maximum atomic E-state index is 11.5. The molecule has 0 N–H and O–H groups in total. The number of fused-ring (bicyclic) bond motifs is 1. The molecule has 0 aliphatic carbocycles. The van der Waals surface area contributed by atoms with E-state index in [9.17, 15) is 4.79 Å². The Balaban J connectivity index is 0.000000408. The molecule has 2 aromatic heterocycles. The summed E-state index contributed by atoms with van der Waals surface area (Å²) in [5, 5.41) is 0. The third-order valence-electron chi connectivity index (χ3n) is 4.75. The Kier molecular flexibility index (Phi) is 14.8. The minimum Gasteiger partial charge on any atom is -0.504 e. The molecule has 0 spiro atoms. The number of aromatic nitrogens is 3. The van der Waals surface area contributed by atoms with Crippen molar-refractivity contribution in [2.75, 3.05) is 53.9 Å². The highest BCUT2D eigenvalue weighted by atomic mass is 32.1. The molecule has 0 unspecified atom stereocenters. The first kappa shape index (κ1) is 32.7. The molecule has 2 aromatic rings. The van der Waals surface area contributed by atoms with E-state index in [4.69, 9.17) is 23.7 Å². The monoisotopic (exact) mass is 548 g/mol. The van der Waals surface area contributed by atoms with E-state index in [1.165, 1.54) is 0 Å². The summed E-state index contributed by atoms with van der Waals surface area (Å²) in [5.41, 5.74) is 2.46. The fourth-order valence-corrected chi connectivity index (χ4v) is 3.01. The topological polar surface area (TPSA) is 105 Å². The van der Waals surface area contributed by atoms with Gasteiger partial charge in [-0.1, -0.05) is 0 Å². The summed E-state index contributed by atoms with van der Waals surface area (Å²) in [7, 11) is 4.77. The average molecular weight is 549 g/mol. The molecule has 1 saturated heterocycles. The van der Waals surface area contributed by atoms with Gasteiger partial charge in [0.05, 0.1) is 57.8 Å². The Morgan fingerprint density at radius 3 is 2.34 bits per heavy atom. The van der Waals surface area contributed by atoms with Crippen molar-refractivity contribution in [2.24, 2.45) is 0 Å². The van der Waals surface area contributed by atoms with Gasteiger partial charge in [-0.25, -0.2) is 14.8 Å².